The number of rotatable bonds is 6. The lowest BCUT2D eigenvalue weighted by atomic mass is 10.2. The Morgan fingerprint density at radius 1 is 1.60 bits per heavy atom. The van der Waals surface area contributed by atoms with Crippen LogP contribution in [0.25, 0.3) is 0 Å². The highest BCUT2D eigenvalue weighted by Crippen LogP contribution is 2.05. The van der Waals surface area contributed by atoms with Gasteiger partial charge in [-0.2, -0.15) is 5.10 Å². The molecular weight excluding hydrogens is 188 g/mol. The van der Waals surface area contributed by atoms with Crippen LogP contribution in [0.2, 0.25) is 0 Å². The van der Waals surface area contributed by atoms with Gasteiger partial charge in [0, 0.05) is 37.4 Å². The third-order valence-corrected chi connectivity index (χ3v) is 2.66. The van der Waals surface area contributed by atoms with Crippen molar-refractivity contribution in [1.82, 2.24) is 14.7 Å². The van der Waals surface area contributed by atoms with Crippen LogP contribution in [0.5, 0.6) is 0 Å². The zero-order valence-electron chi connectivity index (χ0n) is 9.98. The van der Waals surface area contributed by atoms with Gasteiger partial charge in [0.25, 0.3) is 0 Å². The lowest BCUT2D eigenvalue weighted by molar-refractivity contribution is 0.254. The molecule has 4 heteroatoms. The first-order valence-corrected chi connectivity index (χ1v) is 5.59. The van der Waals surface area contributed by atoms with Gasteiger partial charge in [0.2, 0.25) is 0 Å². The monoisotopic (exact) mass is 210 g/mol. The van der Waals surface area contributed by atoms with Gasteiger partial charge in [-0.05, 0) is 20.4 Å². The molecule has 86 valence electrons. The van der Waals surface area contributed by atoms with Crippen molar-refractivity contribution in [2.24, 2.45) is 5.73 Å². The van der Waals surface area contributed by atoms with E-state index in [1.807, 2.05) is 10.9 Å². The number of hydrogen-bond donors (Lipinski definition) is 1. The van der Waals surface area contributed by atoms with Gasteiger partial charge in [-0.1, -0.05) is 6.92 Å². The summed E-state index contributed by atoms with van der Waals surface area (Å²) in [6.07, 6.45) is 5.18. The first-order chi connectivity index (χ1) is 7.17. The highest BCUT2D eigenvalue weighted by molar-refractivity contribution is 5.03. The summed E-state index contributed by atoms with van der Waals surface area (Å²) in [4.78, 5) is 2.24. The van der Waals surface area contributed by atoms with Crippen LogP contribution in [0.15, 0.2) is 12.4 Å². The minimum absolute atomic E-state index is 0.416. The van der Waals surface area contributed by atoms with Gasteiger partial charge in [-0.15, -0.1) is 0 Å². The molecule has 4 nitrogen and oxygen atoms in total. The third-order valence-electron chi connectivity index (χ3n) is 2.66. The molecule has 0 fully saturated rings. The third kappa shape index (κ3) is 3.64. The van der Waals surface area contributed by atoms with E-state index in [0.29, 0.717) is 12.6 Å². The van der Waals surface area contributed by atoms with Gasteiger partial charge in [0.15, 0.2) is 0 Å². The van der Waals surface area contributed by atoms with Crippen LogP contribution in [0, 0.1) is 0 Å². The molecule has 0 amide bonds. The quantitative estimate of drug-likeness (QED) is 0.764. The second-order valence-electron chi connectivity index (χ2n) is 4.11. The van der Waals surface area contributed by atoms with Crippen molar-refractivity contribution in [3.8, 4) is 0 Å². The Balaban J connectivity index is 2.49. The average Bonchev–Trinajstić information content (AvgIpc) is 2.65. The molecule has 0 aliphatic heterocycles. The summed E-state index contributed by atoms with van der Waals surface area (Å²) in [5, 5.41) is 4.30. The van der Waals surface area contributed by atoms with Crippen LogP contribution >= 0.6 is 0 Å². The maximum absolute atomic E-state index is 5.62. The van der Waals surface area contributed by atoms with E-state index >= 15 is 0 Å². The van der Waals surface area contributed by atoms with Crippen molar-refractivity contribution in [3.05, 3.63) is 18.0 Å². The molecule has 1 unspecified atom stereocenters. The largest absolute Gasteiger partial charge is 0.329 e. The number of nitrogens with zero attached hydrogens (tertiary/aromatic N) is 3. The molecule has 0 saturated carbocycles. The van der Waals surface area contributed by atoms with Gasteiger partial charge < -0.3 is 5.73 Å². The smallest absolute Gasteiger partial charge is 0.0534 e. The predicted octanol–water partition coefficient (Wildman–Crippen LogP) is 1.07. The molecule has 0 aliphatic rings. The molecule has 0 radical (unpaired) electrons. The zero-order valence-corrected chi connectivity index (χ0v) is 9.98. The molecule has 0 saturated heterocycles. The minimum atomic E-state index is 0.416. The van der Waals surface area contributed by atoms with E-state index in [-0.39, 0.29) is 0 Å². The molecule has 1 atom stereocenters. The lowest BCUT2D eigenvalue weighted by Crippen LogP contribution is -2.34. The minimum Gasteiger partial charge on any atom is -0.329 e. The average molecular weight is 210 g/mol. The molecule has 0 spiro atoms. The maximum Gasteiger partial charge on any atom is 0.0534 e. The van der Waals surface area contributed by atoms with E-state index in [2.05, 4.69) is 37.1 Å². The SMILES string of the molecule is CCCn1cc(CN(C)C(C)CN)cn1. The van der Waals surface area contributed by atoms with E-state index in [1.54, 1.807) is 0 Å². The van der Waals surface area contributed by atoms with Gasteiger partial charge >= 0.3 is 0 Å². The van der Waals surface area contributed by atoms with Crippen molar-refractivity contribution in [3.63, 3.8) is 0 Å². The van der Waals surface area contributed by atoms with E-state index in [9.17, 15) is 0 Å². The summed E-state index contributed by atoms with van der Waals surface area (Å²) in [6, 6.07) is 0.416. The first kappa shape index (κ1) is 12.2. The van der Waals surface area contributed by atoms with Crippen LogP contribution in [0.3, 0.4) is 0 Å². The zero-order chi connectivity index (χ0) is 11.3. The number of likely N-dealkylation sites (N-methyl/N-ethyl adjacent to an activating group) is 1. The molecule has 15 heavy (non-hydrogen) atoms. The summed E-state index contributed by atoms with van der Waals surface area (Å²) in [6.45, 7) is 6.90. The van der Waals surface area contributed by atoms with Crippen LogP contribution in [-0.4, -0.2) is 34.3 Å². The molecule has 0 aromatic carbocycles. The van der Waals surface area contributed by atoms with Crippen molar-refractivity contribution in [2.45, 2.75) is 39.4 Å². The summed E-state index contributed by atoms with van der Waals surface area (Å²) in [5.41, 5.74) is 6.87. The van der Waals surface area contributed by atoms with Gasteiger partial charge in [0.05, 0.1) is 6.20 Å². The summed E-state index contributed by atoms with van der Waals surface area (Å²) in [5.74, 6) is 0. The van der Waals surface area contributed by atoms with Gasteiger partial charge in [-0.3, -0.25) is 9.58 Å². The Hall–Kier alpha value is -0.870. The summed E-state index contributed by atoms with van der Waals surface area (Å²) in [7, 11) is 2.09. The number of aryl methyl sites for hydroxylation is 1. The molecule has 0 aliphatic carbocycles. The normalized spacial score (nSPS) is 13.4. The number of aromatic nitrogens is 2. The fourth-order valence-electron chi connectivity index (χ4n) is 1.46. The fourth-order valence-corrected chi connectivity index (χ4v) is 1.46. The Morgan fingerprint density at radius 3 is 2.93 bits per heavy atom. The van der Waals surface area contributed by atoms with E-state index < -0.39 is 0 Å². The highest BCUT2D eigenvalue weighted by atomic mass is 15.3. The Bertz CT molecular complexity index is 282. The standard InChI is InChI=1S/C11H22N4/c1-4-5-15-9-11(7-13-15)8-14(3)10(2)6-12/h7,9-10H,4-6,8,12H2,1-3H3. The molecular formula is C11H22N4. The Morgan fingerprint density at radius 2 is 2.33 bits per heavy atom. The summed E-state index contributed by atoms with van der Waals surface area (Å²) < 4.78 is 2.00. The van der Waals surface area contributed by atoms with Gasteiger partial charge in [0.1, 0.15) is 0 Å². The van der Waals surface area contributed by atoms with Crippen molar-refractivity contribution < 1.29 is 0 Å². The van der Waals surface area contributed by atoms with E-state index in [0.717, 1.165) is 19.5 Å². The topological polar surface area (TPSA) is 47.1 Å². The van der Waals surface area contributed by atoms with Crippen LogP contribution in [-0.2, 0) is 13.1 Å². The van der Waals surface area contributed by atoms with Crippen molar-refractivity contribution in [1.29, 1.82) is 0 Å². The molecule has 1 aromatic heterocycles. The molecule has 2 N–H and O–H groups in total. The maximum atomic E-state index is 5.62. The van der Waals surface area contributed by atoms with Crippen molar-refractivity contribution in [2.75, 3.05) is 13.6 Å². The lowest BCUT2D eigenvalue weighted by Gasteiger charge is -2.22. The number of nitrogens with two attached hydrogens (primary N) is 1. The van der Waals surface area contributed by atoms with E-state index in [4.69, 9.17) is 5.73 Å². The fraction of sp³-hybridized carbons (Fsp3) is 0.727. The number of hydrogen-bond acceptors (Lipinski definition) is 3. The molecule has 0 bridgehead atoms. The van der Waals surface area contributed by atoms with Crippen LogP contribution in [0.1, 0.15) is 25.8 Å². The second-order valence-corrected chi connectivity index (χ2v) is 4.11. The predicted molar refractivity (Wildman–Crippen MR) is 62.5 cm³/mol. The summed E-state index contributed by atoms with van der Waals surface area (Å²) >= 11 is 0. The first-order valence-electron chi connectivity index (χ1n) is 5.59. The molecule has 1 rings (SSSR count). The molecule has 1 heterocycles. The van der Waals surface area contributed by atoms with E-state index in [1.165, 1.54) is 5.56 Å². The second kappa shape index (κ2) is 5.88. The Labute approximate surface area is 92.1 Å². The van der Waals surface area contributed by atoms with Gasteiger partial charge in [-0.25, -0.2) is 0 Å². The van der Waals surface area contributed by atoms with Crippen LogP contribution in [0.4, 0.5) is 0 Å². The Kier molecular flexibility index (Phi) is 4.78. The highest BCUT2D eigenvalue weighted by Gasteiger charge is 2.08. The van der Waals surface area contributed by atoms with Crippen LogP contribution < -0.4 is 5.73 Å². The van der Waals surface area contributed by atoms with Crippen molar-refractivity contribution >= 4 is 0 Å². The molecule has 1 aromatic rings.